The van der Waals surface area contributed by atoms with Gasteiger partial charge in [-0.2, -0.15) is 0 Å². The van der Waals surface area contributed by atoms with Gasteiger partial charge in [-0.1, -0.05) is 18.6 Å². The standard InChI is InChI=1S/C13H17BrN2O/c1-9-5-4-7-10(12(9)14)16-13(17)11-6-2-3-8-15-11/h4-5,7,11,15H,2-3,6,8H2,1H3,(H,16,17)/t11-/m0/s1. The number of amides is 1. The molecular weight excluding hydrogens is 280 g/mol. The molecule has 0 bridgehead atoms. The molecule has 3 nitrogen and oxygen atoms in total. The van der Waals surface area contributed by atoms with Crippen LogP contribution < -0.4 is 10.6 Å². The second-order valence-electron chi connectivity index (χ2n) is 4.43. The van der Waals surface area contributed by atoms with E-state index in [2.05, 4.69) is 26.6 Å². The lowest BCUT2D eigenvalue weighted by molar-refractivity contribution is -0.118. The molecule has 1 heterocycles. The number of carbonyl (C=O) groups excluding carboxylic acids is 1. The first kappa shape index (κ1) is 12.6. The molecule has 0 aromatic heterocycles. The lowest BCUT2D eigenvalue weighted by Gasteiger charge is -2.22. The van der Waals surface area contributed by atoms with Crippen LogP contribution in [0, 0.1) is 6.92 Å². The molecule has 4 heteroatoms. The van der Waals surface area contributed by atoms with Crippen molar-refractivity contribution >= 4 is 27.5 Å². The van der Waals surface area contributed by atoms with E-state index >= 15 is 0 Å². The number of hydrogen-bond donors (Lipinski definition) is 2. The maximum atomic E-state index is 12.0. The van der Waals surface area contributed by atoms with E-state index in [9.17, 15) is 4.79 Å². The van der Waals surface area contributed by atoms with E-state index in [-0.39, 0.29) is 11.9 Å². The number of piperidine rings is 1. The van der Waals surface area contributed by atoms with Crippen LogP contribution in [-0.4, -0.2) is 18.5 Å². The van der Waals surface area contributed by atoms with Gasteiger partial charge in [-0.05, 0) is 53.9 Å². The van der Waals surface area contributed by atoms with Gasteiger partial charge in [-0.25, -0.2) is 0 Å². The summed E-state index contributed by atoms with van der Waals surface area (Å²) in [6, 6.07) is 5.83. The van der Waals surface area contributed by atoms with E-state index in [1.807, 2.05) is 25.1 Å². The first-order valence-corrected chi connectivity index (χ1v) is 6.77. The highest BCUT2D eigenvalue weighted by Crippen LogP contribution is 2.26. The van der Waals surface area contributed by atoms with Gasteiger partial charge in [0.25, 0.3) is 0 Å². The number of benzene rings is 1. The second-order valence-corrected chi connectivity index (χ2v) is 5.22. The number of anilines is 1. The molecule has 1 atom stereocenters. The first-order valence-electron chi connectivity index (χ1n) is 5.98. The number of carbonyl (C=O) groups is 1. The van der Waals surface area contributed by atoms with Crippen molar-refractivity contribution in [2.45, 2.75) is 32.2 Å². The molecule has 0 aliphatic carbocycles. The topological polar surface area (TPSA) is 41.1 Å². The molecule has 1 saturated heterocycles. The van der Waals surface area contributed by atoms with Crippen LogP contribution in [0.2, 0.25) is 0 Å². The highest BCUT2D eigenvalue weighted by molar-refractivity contribution is 9.10. The molecule has 1 aliphatic heterocycles. The molecule has 1 aromatic carbocycles. The second kappa shape index (κ2) is 5.65. The molecule has 1 amide bonds. The Morgan fingerprint density at radius 2 is 2.29 bits per heavy atom. The van der Waals surface area contributed by atoms with Crippen LogP contribution in [0.15, 0.2) is 22.7 Å². The van der Waals surface area contributed by atoms with Crippen molar-refractivity contribution in [2.75, 3.05) is 11.9 Å². The summed E-state index contributed by atoms with van der Waals surface area (Å²) < 4.78 is 0.962. The smallest absolute Gasteiger partial charge is 0.241 e. The average molecular weight is 297 g/mol. The Hall–Kier alpha value is -0.870. The Morgan fingerprint density at radius 3 is 3.00 bits per heavy atom. The monoisotopic (exact) mass is 296 g/mol. The third-order valence-electron chi connectivity index (χ3n) is 3.08. The van der Waals surface area contributed by atoms with E-state index in [0.29, 0.717) is 0 Å². The Labute approximate surface area is 110 Å². The van der Waals surface area contributed by atoms with Crippen molar-refractivity contribution in [3.8, 4) is 0 Å². The lowest BCUT2D eigenvalue weighted by Crippen LogP contribution is -2.43. The van der Waals surface area contributed by atoms with E-state index in [1.54, 1.807) is 0 Å². The van der Waals surface area contributed by atoms with Crippen molar-refractivity contribution in [3.05, 3.63) is 28.2 Å². The van der Waals surface area contributed by atoms with E-state index in [0.717, 1.165) is 41.5 Å². The first-order chi connectivity index (χ1) is 8.18. The minimum atomic E-state index is -0.0452. The normalized spacial score (nSPS) is 20.0. The Kier molecular flexibility index (Phi) is 4.18. The minimum Gasteiger partial charge on any atom is -0.324 e. The molecule has 17 heavy (non-hydrogen) atoms. The molecule has 0 unspecified atom stereocenters. The van der Waals surface area contributed by atoms with Gasteiger partial charge in [0.1, 0.15) is 0 Å². The molecule has 0 spiro atoms. The third kappa shape index (κ3) is 3.07. The minimum absolute atomic E-state index is 0.0452. The predicted octanol–water partition coefficient (Wildman–Crippen LogP) is 2.84. The van der Waals surface area contributed by atoms with Crippen LogP contribution in [0.3, 0.4) is 0 Å². The van der Waals surface area contributed by atoms with Crippen molar-refractivity contribution < 1.29 is 4.79 Å². The van der Waals surface area contributed by atoms with E-state index < -0.39 is 0 Å². The molecule has 92 valence electrons. The average Bonchev–Trinajstić information content (AvgIpc) is 2.36. The summed E-state index contributed by atoms with van der Waals surface area (Å²) in [5.74, 6) is 0.0657. The van der Waals surface area contributed by atoms with Crippen molar-refractivity contribution in [1.29, 1.82) is 0 Å². The van der Waals surface area contributed by atoms with Crippen LogP contribution >= 0.6 is 15.9 Å². The van der Waals surface area contributed by atoms with Gasteiger partial charge in [0.15, 0.2) is 0 Å². The van der Waals surface area contributed by atoms with Crippen LogP contribution in [0.25, 0.3) is 0 Å². The number of nitrogens with one attached hydrogen (secondary N) is 2. The summed E-state index contributed by atoms with van der Waals surface area (Å²) in [4.78, 5) is 12.0. The molecule has 2 rings (SSSR count). The van der Waals surface area contributed by atoms with Gasteiger partial charge >= 0.3 is 0 Å². The number of hydrogen-bond acceptors (Lipinski definition) is 2. The summed E-state index contributed by atoms with van der Waals surface area (Å²) in [5, 5.41) is 6.22. The van der Waals surface area contributed by atoms with Crippen LogP contribution in [0.5, 0.6) is 0 Å². The zero-order valence-corrected chi connectivity index (χ0v) is 11.5. The predicted molar refractivity (Wildman–Crippen MR) is 73.2 cm³/mol. The SMILES string of the molecule is Cc1cccc(NC(=O)[C@@H]2CCCCN2)c1Br. The summed E-state index contributed by atoms with van der Waals surface area (Å²) in [5.41, 5.74) is 1.97. The quantitative estimate of drug-likeness (QED) is 0.881. The summed E-state index contributed by atoms with van der Waals surface area (Å²) in [7, 11) is 0. The fourth-order valence-corrected chi connectivity index (χ4v) is 2.40. The number of rotatable bonds is 2. The van der Waals surface area contributed by atoms with Crippen LogP contribution in [-0.2, 0) is 4.79 Å². The summed E-state index contributed by atoms with van der Waals surface area (Å²) in [6.07, 6.45) is 3.22. The summed E-state index contributed by atoms with van der Waals surface area (Å²) in [6.45, 7) is 2.95. The maximum absolute atomic E-state index is 12.0. The maximum Gasteiger partial charge on any atom is 0.241 e. The van der Waals surface area contributed by atoms with Gasteiger partial charge in [0.2, 0.25) is 5.91 Å². The van der Waals surface area contributed by atoms with Gasteiger partial charge < -0.3 is 10.6 Å². The molecule has 0 radical (unpaired) electrons. The molecule has 0 saturated carbocycles. The Morgan fingerprint density at radius 1 is 1.47 bits per heavy atom. The van der Waals surface area contributed by atoms with Gasteiger partial charge in [-0.3, -0.25) is 4.79 Å². The van der Waals surface area contributed by atoms with Gasteiger partial charge in [0, 0.05) is 4.47 Å². The molecular formula is C13H17BrN2O. The van der Waals surface area contributed by atoms with Crippen molar-refractivity contribution in [2.24, 2.45) is 0 Å². The molecule has 1 aliphatic rings. The number of aryl methyl sites for hydroxylation is 1. The zero-order chi connectivity index (χ0) is 12.3. The van der Waals surface area contributed by atoms with E-state index in [4.69, 9.17) is 0 Å². The van der Waals surface area contributed by atoms with Crippen LogP contribution in [0.4, 0.5) is 5.69 Å². The Bertz CT molecular complexity index is 414. The molecule has 1 fully saturated rings. The Balaban J connectivity index is 2.04. The van der Waals surface area contributed by atoms with Gasteiger partial charge in [-0.15, -0.1) is 0 Å². The van der Waals surface area contributed by atoms with E-state index in [1.165, 1.54) is 0 Å². The fraction of sp³-hybridized carbons (Fsp3) is 0.462. The highest BCUT2D eigenvalue weighted by atomic mass is 79.9. The molecule has 1 aromatic rings. The largest absolute Gasteiger partial charge is 0.324 e. The zero-order valence-electron chi connectivity index (χ0n) is 9.92. The number of halogens is 1. The lowest BCUT2D eigenvalue weighted by atomic mass is 10.0. The van der Waals surface area contributed by atoms with Crippen molar-refractivity contribution in [3.63, 3.8) is 0 Å². The highest BCUT2D eigenvalue weighted by Gasteiger charge is 2.20. The van der Waals surface area contributed by atoms with Crippen molar-refractivity contribution in [1.82, 2.24) is 5.32 Å². The third-order valence-corrected chi connectivity index (χ3v) is 4.13. The fourth-order valence-electron chi connectivity index (χ4n) is 2.04. The summed E-state index contributed by atoms with van der Waals surface area (Å²) >= 11 is 3.50. The molecule has 2 N–H and O–H groups in total. The van der Waals surface area contributed by atoms with Crippen LogP contribution in [0.1, 0.15) is 24.8 Å². The van der Waals surface area contributed by atoms with Gasteiger partial charge in [0.05, 0.1) is 11.7 Å².